The molecule has 0 aliphatic heterocycles. The molecule has 0 fully saturated rings. The number of likely N-dealkylation sites (N-methyl/N-ethyl adjacent to an activating group) is 1. The highest BCUT2D eigenvalue weighted by Gasteiger charge is 2.07. The van der Waals surface area contributed by atoms with Gasteiger partial charge in [0.1, 0.15) is 5.75 Å². The van der Waals surface area contributed by atoms with Gasteiger partial charge in [-0.3, -0.25) is 4.79 Å². The number of carbonyl (C=O) groups excluding carboxylic acids is 1. The summed E-state index contributed by atoms with van der Waals surface area (Å²) in [6, 6.07) is 5.99. The van der Waals surface area contributed by atoms with Gasteiger partial charge >= 0.3 is 0 Å². The molecule has 0 radical (unpaired) electrons. The Morgan fingerprint density at radius 1 is 1.47 bits per heavy atom. The molecule has 1 heterocycles. The third-order valence-corrected chi connectivity index (χ3v) is 2.85. The molecule has 0 aliphatic rings. The van der Waals surface area contributed by atoms with Crippen LogP contribution in [-0.4, -0.2) is 28.6 Å². The first-order valence-electron chi connectivity index (χ1n) is 6.48. The lowest BCUT2D eigenvalue weighted by atomic mass is 10.2. The molecule has 0 saturated heterocycles. The summed E-state index contributed by atoms with van der Waals surface area (Å²) >= 11 is 0. The largest absolute Gasteiger partial charge is 0.484 e. The van der Waals surface area contributed by atoms with E-state index in [2.05, 4.69) is 28.7 Å². The van der Waals surface area contributed by atoms with Crippen LogP contribution in [0.4, 0.5) is 0 Å². The third kappa shape index (κ3) is 3.05. The van der Waals surface area contributed by atoms with Crippen molar-refractivity contribution < 1.29 is 9.53 Å². The Balaban J connectivity index is 2.16. The third-order valence-electron chi connectivity index (χ3n) is 2.85. The number of rotatable bonds is 5. The quantitative estimate of drug-likeness (QED) is 0.897. The second kappa shape index (κ2) is 5.73. The summed E-state index contributed by atoms with van der Waals surface area (Å²) in [7, 11) is 0. The van der Waals surface area contributed by atoms with E-state index in [1.54, 1.807) is 0 Å². The molecule has 5 heteroatoms. The van der Waals surface area contributed by atoms with Crippen LogP contribution in [0.15, 0.2) is 24.5 Å². The van der Waals surface area contributed by atoms with Gasteiger partial charge in [0.25, 0.3) is 5.91 Å². The van der Waals surface area contributed by atoms with Crippen molar-refractivity contribution in [3.63, 3.8) is 0 Å². The van der Waals surface area contributed by atoms with Crippen LogP contribution in [0.5, 0.6) is 5.75 Å². The Morgan fingerprint density at radius 3 is 2.95 bits per heavy atom. The number of aromatic nitrogens is 2. The summed E-state index contributed by atoms with van der Waals surface area (Å²) in [5.41, 5.74) is 1.95. The molecule has 1 N–H and O–H groups in total. The SMILES string of the molecule is CCNC(=O)COc1ccc2ncn(C(C)C)c2c1. The number of carbonyl (C=O) groups is 1. The molecular formula is C14H19N3O2. The molecule has 0 aliphatic carbocycles. The average molecular weight is 261 g/mol. The molecule has 2 aromatic rings. The Bertz CT molecular complexity index is 575. The minimum absolute atomic E-state index is 0.0369. The summed E-state index contributed by atoms with van der Waals surface area (Å²) in [6.07, 6.45) is 1.82. The van der Waals surface area contributed by atoms with Crippen LogP contribution in [0, 0.1) is 0 Å². The summed E-state index contributed by atoms with van der Waals surface area (Å²) < 4.78 is 7.56. The molecule has 1 amide bonds. The fraction of sp³-hybridized carbons (Fsp3) is 0.429. The van der Waals surface area contributed by atoms with Crippen molar-refractivity contribution in [2.45, 2.75) is 26.8 Å². The number of imidazole rings is 1. The fourth-order valence-electron chi connectivity index (χ4n) is 1.90. The number of hydrogen-bond donors (Lipinski definition) is 1. The summed E-state index contributed by atoms with van der Waals surface area (Å²) in [4.78, 5) is 15.7. The first-order chi connectivity index (χ1) is 9.11. The molecule has 0 spiro atoms. The Labute approximate surface area is 112 Å². The van der Waals surface area contributed by atoms with Crippen molar-refractivity contribution in [1.29, 1.82) is 0 Å². The smallest absolute Gasteiger partial charge is 0.257 e. The Morgan fingerprint density at radius 2 is 2.26 bits per heavy atom. The van der Waals surface area contributed by atoms with E-state index in [1.165, 1.54) is 0 Å². The molecule has 0 atom stereocenters. The van der Waals surface area contributed by atoms with E-state index < -0.39 is 0 Å². The average Bonchev–Trinajstić information content (AvgIpc) is 2.79. The van der Waals surface area contributed by atoms with Crippen molar-refractivity contribution >= 4 is 16.9 Å². The van der Waals surface area contributed by atoms with Crippen LogP contribution in [-0.2, 0) is 4.79 Å². The number of hydrogen-bond acceptors (Lipinski definition) is 3. The highest BCUT2D eigenvalue weighted by Crippen LogP contribution is 2.22. The highest BCUT2D eigenvalue weighted by atomic mass is 16.5. The van der Waals surface area contributed by atoms with Gasteiger partial charge in [-0.25, -0.2) is 4.98 Å². The van der Waals surface area contributed by atoms with Gasteiger partial charge in [-0.2, -0.15) is 0 Å². The zero-order valence-corrected chi connectivity index (χ0v) is 11.5. The molecular weight excluding hydrogens is 242 g/mol. The van der Waals surface area contributed by atoms with Gasteiger partial charge in [-0.15, -0.1) is 0 Å². The molecule has 5 nitrogen and oxygen atoms in total. The summed E-state index contributed by atoms with van der Waals surface area (Å²) in [5.74, 6) is 0.570. The molecule has 0 unspecified atom stereocenters. The maximum absolute atomic E-state index is 11.4. The van der Waals surface area contributed by atoms with Crippen molar-refractivity contribution in [1.82, 2.24) is 14.9 Å². The number of nitrogens with one attached hydrogen (secondary N) is 1. The topological polar surface area (TPSA) is 56.1 Å². The van der Waals surface area contributed by atoms with E-state index in [4.69, 9.17) is 4.74 Å². The predicted octanol–water partition coefficient (Wildman–Crippen LogP) is 2.13. The zero-order chi connectivity index (χ0) is 13.8. The maximum Gasteiger partial charge on any atom is 0.257 e. The summed E-state index contributed by atoms with van der Waals surface area (Å²) in [5, 5.41) is 2.70. The van der Waals surface area contributed by atoms with Crippen molar-refractivity contribution in [2.75, 3.05) is 13.2 Å². The number of amides is 1. The van der Waals surface area contributed by atoms with Crippen molar-refractivity contribution in [3.05, 3.63) is 24.5 Å². The van der Waals surface area contributed by atoms with E-state index in [1.807, 2.05) is 31.5 Å². The lowest BCUT2D eigenvalue weighted by Gasteiger charge is -2.10. The van der Waals surface area contributed by atoms with Crippen LogP contribution in [0.3, 0.4) is 0 Å². The van der Waals surface area contributed by atoms with E-state index >= 15 is 0 Å². The van der Waals surface area contributed by atoms with Gasteiger partial charge in [-0.1, -0.05) is 0 Å². The fourth-order valence-corrected chi connectivity index (χ4v) is 1.90. The molecule has 102 valence electrons. The van der Waals surface area contributed by atoms with Crippen LogP contribution in [0.2, 0.25) is 0 Å². The zero-order valence-electron chi connectivity index (χ0n) is 11.5. The van der Waals surface area contributed by atoms with Crippen molar-refractivity contribution in [2.24, 2.45) is 0 Å². The van der Waals surface area contributed by atoms with Crippen LogP contribution in [0.1, 0.15) is 26.8 Å². The molecule has 2 rings (SSSR count). The van der Waals surface area contributed by atoms with E-state index in [0.717, 1.165) is 11.0 Å². The number of fused-ring (bicyclic) bond motifs is 1. The van der Waals surface area contributed by atoms with Gasteiger partial charge in [0.2, 0.25) is 0 Å². The minimum Gasteiger partial charge on any atom is -0.484 e. The molecule has 0 saturated carbocycles. The van der Waals surface area contributed by atoms with Gasteiger partial charge in [0.05, 0.1) is 17.4 Å². The van der Waals surface area contributed by atoms with Crippen LogP contribution < -0.4 is 10.1 Å². The second-order valence-electron chi connectivity index (χ2n) is 4.64. The molecule has 1 aromatic carbocycles. The Kier molecular flexibility index (Phi) is 4.04. The minimum atomic E-state index is -0.111. The van der Waals surface area contributed by atoms with Crippen molar-refractivity contribution in [3.8, 4) is 5.75 Å². The Hall–Kier alpha value is -2.04. The summed E-state index contributed by atoms with van der Waals surface area (Å²) in [6.45, 7) is 6.73. The number of ether oxygens (including phenoxy) is 1. The monoisotopic (exact) mass is 261 g/mol. The number of benzene rings is 1. The second-order valence-corrected chi connectivity index (χ2v) is 4.64. The predicted molar refractivity (Wildman–Crippen MR) is 74.3 cm³/mol. The molecule has 1 aromatic heterocycles. The highest BCUT2D eigenvalue weighted by molar-refractivity contribution is 5.79. The number of nitrogens with zero attached hydrogens (tertiary/aromatic N) is 2. The van der Waals surface area contributed by atoms with Gasteiger partial charge in [0.15, 0.2) is 6.61 Å². The first-order valence-corrected chi connectivity index (χ1v) is 6.48. The standard InChI is InChI=1S/C14H19N3O2/c1-4-15-14(18)8-19-11-5-6-12-13(7-11)17(9-16-12)10(2)3/h5-7,9-10H,4,8H2,1-3H3,(H,15,18). The van der Waals surface area contributed by atoms with E-state index in [0.29, 0.717) is 18.3 Å². The maximum atomic E-state index is 11.4. The van der Waals surface area contributed by atoms with E-state index in [-0.39, 0.29) is 12.5 Å². The first kappa shape index (κ1) is 13.4. The normalized spacial score (nSPS) is 10.9. The van der Waals surface area contributed by atoms with Gasteiger partial charge < -0.3 is 14.6 Å². The van der Waals surface area contributed by atoms with Gasteiger partial charge in [-0.05, 0) is 32.9 Å². The van der Waals surface area contributed by atoms with Crippen LogP contribution >= 0.6 is 0 Å². The van der Waals surface area contributed by atoms with Gasteiger partial charge in [0, 0.05) is 18.7 Å². The lowest BCUT2D eigenvalue weighted by Crippen LogP contribution is -2.28. The van der Waals surface area contributed by atoms with E-state index in [9.17, 15) is 4.79 Å². The molecule has 0 bridgehead atoms. The lowest BCUT2D eigenvalue weighted by molar-refractivity contribution is -0.122. The van der Waals surface area contributed by atoms with Crippen LogP contribution in [0.25, 0.3) is 11.0 Å². The molecule has 19 heavy (non-hydrogen) atoms.